The van der Waals surface area contributed by atoms with E-state index in [1.165, 1.54) is 0 Å². The topological polar surface area (TPSA) is 28.7 Å². The molecule has 0 spiro atoms. The second kappa shape index (κ2) is 5.19. The van der Waals surface area contributed by atoms with Gasteiger partial charge in [-0.1, -0.05) is 39.3 Å². The largest absolute Gasteiger partial charge is 0.281 e. The minimum Gasteiger partial charge on any atom is -0.281 e. The summed E-state index contributed by atoms with van der Waals surface area (Å²) in [5, 5.41) is 7.34. The molecule has 0 aromatic carbocycles. The number of nitrogens with zero attached hydrogens (tertiary/aromatic N) is 1. The summed E-state index contributed by atoms with van der Waals surface area (Å²) < 4.78 is 0. The van der Waals surface area contributed by atoms with Gasteiger partial charge in [-0.2, -0.15) is 5.10 Å². The fraction of sp³-hybridized carbons (Fsp3) is 0.625. The van der Waals surface area contributed by atoms with Crippen LogP contribution >= 0.6 is 11.6 Å². The van der Waals surface area contributed by atoms with E-state index in [1.807, 2.05) is 13.8 Å². The van der Waals surface area contributed by atoms with Gasteiger partial charge in [0.25, 0.3) is 0 Å². The van der Waals surface area contributed by atoms with Crippen LogP contribution in [0.2, 0.25) is 5.02 Å². The molecule has 0 bridgehead atoms. The monoisotopic (exact) mass is 174 g/mol. The first-order valence-corrected chi connectivity index (χ1v) is 4.28. The van der Waals surface area contributed by atoms with Crippen molar-refractivity contribution in [1.82, 2.24) is 10.2 Å². The Morgan fingerprint density at radius 2 is 2.00 bits per heavy atom. The lowest BCUT2D eigenvalue weighted by molar-refractivity contribution is 0.811. The third kappa shape index (κ3) is 2.93. The molecule has 3 heteroatoms. The second-order valence-corrected chi connectivity index (χ2v) is 2.69. The normalized spacial score (nSPS) is 9.27. The second-order valence-electron chi connectivity index (χ2n) is 2.29. The third-order valence-electron chi connectivity index (χ3n) is 1.20. The van der Waals surface area contributed by atoms with Crippen molar-refractivity contribution in [2.75, 3.05) is 0 Å². The Hall–Kier alpha value is -0.500. The molecule has 0 saturated carbocycles. The highest BCUT2D eigenvalue weighted by molar-refractivity contribution is 6.31. The van der Waals surface area contributed by atoms with Gasteiger partial charge < -0.3 is 0 Å². The fourth-order valence-electron chi connectivity index (χ4n) is 0.686. The van der Waals surface area contributed by atoms with Gasteiger partial charge in [-0.05, 0) is 5.92 Å². The van der Waals surface area contributed by atoms with Crippen LogP contribution in [0.4, 0.5) is 0 Å². The predicted molar refractivity (Wildman–Crippen MR) is 49.0 cm³/mol. The van der Waals surface area contributed by atoms with E-state index in [0.717, 1.165) is 10.7 Å². The highest BCUT2D eigenvalue weighted by Crippen LogP contribution is 2.19. The minimum absolute atomic E-state index is 0.431. The highest BCUT2D eigenvalue weighted by Gasteiger charge is 2.04. The molecule has 0 unspecified atom stereocenters. The molecule has 0 amide bonds. The van der Waals surface area contributed by atoms with E-state index in [9.17, 15) is 0 Å². The zero-order chi connectivity index (χ0) is 8.85. The number of hydrogen-bond acceptors (Lipinski definition) is 1. The summed E-state index contributed by atoms with van der Waals surface area (Å²) in [6, 6.07) is 0. The van der Waals surface area contributed by atoms with Gasteiger partial charge in [-0.15, -0.1) is 0 Å². The Labute approximate surface area is 73.0 Å². The molecular formula is C8H15ClN2. The van der Waals surface area contributed by atoms with Gasteiger partial charge in [0.1, 0.15) is 0 Å². The lowest BCUT2D eigenvalue weighted by Gasteiger charge is -1.98. The van der Waals surface area contributed by atoms with E-state index in [2.05, 4.69) is 24.0 Å². The molecule has 0 atom stereocenters. The van der Waals surface area contributed by atoms with Gasteiger partial charge in [0, 0.05) is 0 Å². The van der Waals surface area contributed by atoms with Crippen LogP contribution in [0.25, 0.3) is 0 Å². The Kier molecular flexibility index (Phi) is 4.95. The van der Waals surface area contributed by atoms with Crippen molar-refractivity contribution >= 4 is 11.6 Å². The molecule has 0 aliphatic carbocycles. The first kappa shape index (κ1) is 10.5. The molecule has 1 aromatic heterocycles. The molecule has 0 radical (unpaired) electrons. The zero-order valence-corrected chi connectivity index (χ0v) is 8.24. The number of halogens is 1. The van der Waals surface area contributed by atoms with Crippen LogP contribution in [-0.2, 0) is 0 Å². The molecule has 2 nitrogen and oxygen atoms in total. The quantitative estimate of drug-likeness (QED) is 0.696. The van der Waals surface area contributed by atoms with Crippen molar-refractivity contribution in [1.29, 1.82) is 0 Å². The van der Waals surface area contributed by atoms with Gasteiger partial charge in [-0.3, -0.25) is 5.10 Å². The van der Waals surface area contributed by atoms with Crippen LogP contribution in [0.3, 0.4) is 0 Å². The summed E-state index contributed by atoms with van der Waals surface area (Å²) in [7, 11) is 0. The van der Waals surface area contributed by atoms with Crippen molar-refractivity contribution in [3.05, 3.63) is 16.9 Å². The molecule has 11 heavy (non-hydrogen) atoms. The Morgan fingerprint density at radius 1 is 1.45 bits per heavy atom. The first-order valence-electron chi connectivity index (χ1n) is 3.90. The number of aromatic amines is 1. The summed E-state index contributed by atoms with van der Waals surface area (Å²) in [5.74, 6) is 0.431. The van der Waals surface area contributed by atoms with E-state index < -0.39 is 0 Å². The third-order valence-corrected chi connectivity index (χ3v) is 1.50. The Balaban J connectivity index is 0.000000461. The smallest absolute Gasteiger partial charge is 0.0817 e. The van der Waals surface area contributed by atoms with Crippen molar-refractivity contribution in [2.24, 2.45) is 0 Å². The number of rotatable bonds is 1. The molecular weight excluding hydrogens is 160 g/mol. The van der Waals surface area contributed by atoms with E-state index >= 15 is 0 Å². The predicted octanol–water partition coefficient (Wildman–Crippen LogP) is 3.21. The van der Waals surface area contributed by atoms with E-state index in [1.54, 1.807) is 6.20 Å². The average Bonchev–Trinajstić information content (AvgIpc) is 2.39. The van der Waals surface area contributed by atoms with Crippen LogP contribution in [0.15, 0.2) is 6.20 Å². The van der Waals surface area contributed by atoms with Crippen LogP contribution in [0.5, 0.6) is 0 Å². The van der Waals surface area contributed by atoms with Crippen LogP contribution in [0.1, 0.15) is 39.3 Å². The number of H-pyrrole nitrogens is 1. The summed E-state index contributed by atoms with van der Waals surface area (Å²) in [6.07, 6.45) is 1.62. The standard InChI is InChI=1S/C6H9ClN2.C2H6/c1-4(2)6-5(7)3-8-9-6;1-2/h3-4H,1-2H3,(H,8,9);1-2H3. The van der Waals surface area contributed by atoms with Crippen molar-refractivity contribution in [3.63, 3.8) is 0 Å². The maximum atomic E-state index is 5.74. The maximum absolute atomic E-state index is 5.74. The Morgan fingerprint density at radius 3 is 2.18 bits per heavy atom. The fourth-order valence-corrected chi connectivity index (χ4v) is 0.996. The number of nitrogens with one attached hydrogen (secondary N) is 1. The van der Waals surface area contributed by atoms with Crippen LogP contribution < -0.4 is 0 Å². The lowest BCUT2D eigenvalue weighted by Crippen LogP contribution is -1.87. The number of hydrogen-bond donors (Lipinski definition) is 1. The molecule has 0 saturated heterocycles. The van der Waals surface area contributed by atoms with Gasteiger partial charge in [0.2, 0.25) is 0 Å². The summed E-state index contributed by atoms with van der Waals surface area (Å²) in [5.41, 5.74) is 1.01. The Bertz CT molecular complexity index is 194. The van der Waals surface area contributed by atoms with E-state index in [-0.39, 0.29) is 0 Å². The van der Waals surface area contributed by atoms with Crippen molar-refractivity contribution in [2.45, 2.75) is 33.6 Å². The van der Waals surface area contributed by atoms with Gasteiger partial charge in [0.15, 0.2) is 0 Å². The lowest BCUT2D eigenvalue weighted by atomic mass is 10.1. The minimum atomic E-state index is 0.431. The zero-order valence-electron chi connectivity index (χ0n) is 7.48. The molecule has 1 aromatic rings. The molecule has 0 aliphatic heterocycles. The molecule has 1 heterocycles. The van der Waals surface area contributed by atoms with Crippen molar-refractivity contribution < 1.29 is 0 Å². The summed E-state index contributed by atoms with van der Waals surface area (Å²) in [4.78, 5) is 0. The molecule has 0 aliphatic rings. The van der Waals surface area contributed by atoms with E-state index in [0.29, 0.717) is 5.92 Å². The molecule has 1 N–H and O–H groups in total. The van der Waals surface area contributed by atoms with Gasteiger partial charge in [-0.25, -0.2) is 0 Å². The van der Waals surface area contributed by atoms with Gasteiger partial charge in [0.05, 0.1) is 16.9 Å². The van der Waals surface area contributed by atoms with E-state index in [4.69, 9.17) is 11.6 Å². The van der Waals surface area contributed by atoms with Gasteiger partial charge >= 0.3 is 0 Å². The van der Waals surface area contributed by atoms with Crippen LogP contribution in [-0.4, -0.2) is 10.2 Å². The number of aromatic nitrogens is 2. The SMILES string of the molecule is CC.CC(C)c1[nH]ncc1Cl. The molecule has 1 rings (SSSR count). The summed E-state index contributed by atoms with van der Waals surface area (Å²) >= 11 is 5.74. The molecule has 64 valence electrons. The highest BCUT2D eigenvalue weighted by atomic mass is 35.5. The molecule has 0 fully saturated rings. The summed E-state index contributed by atoms with van der Waals surface area (Å²) in [6.45, 7) is 8.14. The first-order chi connectivity index (χ1) is 5.22. The average molecular weight is 175 g/mol. The van der Waals surface area contributed by atoms with Crippen molar-refractivity contribution in [3.8, 4) is 0 Å². The van der Waals surface area contributed by atoms with Crippen LogP contribution in [0, 0.1) is 0 Å². The maximum Gasteiger partial charge on any atom is 0.0817 e.